The van der Waals surface area contributed by atoms with E-state index in [0.717, 1.165) is 41.8 Å². The Morgan fingerprint density at radius 1 is 0.938 bits per heavy atom. The number of anilines is 1. The number of H-pyrrole nitrogens is 1. The predicted octanol–water partition coefficient (Wildman–Crippen LogP) is 5.95. The number of fused-ring (bicyclic) bond motifs is 1. The fourth-order valence-corrected chi connectivity index (χ4v) is 4.48. The number of benzene rings is 3. The van der Waals surface area contributed by atoms with Crippen LogP contribution in [0.15, 0.2) is 91.1 Å². The molecular weight excluding hydrogens is 394 g/mol. The Morgan fingerprint density at radius 2 is 1.69 bits per heavy atom. The first-order valence-corrected chi connectivity index (χ1v) is 11.2. The number of nitrogens with one attached hydrogen (secondary N) is 2. The molecule has 1 amide bonds. The third-order valence-electron chi connectivity index (χ3n) is 6.37. The summed E-state index contributed by atoms with van der Waals surface area (Å²) in [4.78, 5) is 18.7. The van der Waals surface area contributed by atoms with Gasteiger partial charge in [-0.05, 0) is 36.6 Å². The Balaban J connectivity index is 1.29. The van der Waals surface area contributed by atoms with Crippen LogP contribution in [0.1, 0.15) is 18.9 Å². The zero-order valence-corrected chi connectivity index (χ0v) is 18.2. The highest BCUT2D eigenvalue weighted by Gasteiger charge is 2.24. The lowest BCUT2D eigenvalue weighted by Crippen LogP contribution is -2.44. The van der Waals surface area contributed by atoms with Gasteiger partial charge in [0.1, 0.15) is 0 Å². The zero-order chi connectivity index (χ0) is 21.9. The first-order valence-electron chi connectivity index (χ1n) is 11.2. The lowest BCUT2D eigenvalue weighted by atomic mass is 9.98. The number of hydrogen-bond donors (Lipinski definition) is 2. The Bertz CT molecular complexity index is 1270. The second-order valence-electron chi connectivity index (χ2n) is 8.30. The van der Waals surface area contributed by atoms with Gasteiger partial charge in [0.2, 0.25) is 5.91 Å². The summed E-state index contributed by atoms with van der Waals surface area (Å²) in [6, 6.07) is 26.3. The number of aromatic amines is 1. The van der Waals surface area contributed by atoms with Crippen molar-refractivity contribution in [1.29, 1.82) is 0 Å². The molecule has 4 nitrogen and oxygen atoms in total. The van der Waals surface area contributed by atoms with Crippen molar-refractivity contribution in [2.75, 3.05) is 18.4 Å². The Morgan fingerprint density at radius 3 is 2.50 bits per heavy atom. The second-order valence-corrected chi connectivity index (χ2v) is 8.30. The Labute approximate surface area is 188 Å². The van der Waals surface area contributed by atoms with Crippen LogP contribution >= 0.6 is 0 Å². The summed E-state index contributed by atoms with van der Waals surface area (Å²) in [6.07, 6.45) is 5.30. The molecule has 2 heterocycles. The summed E-state index contributed by atoms with van der Waals surface area (Å²) in [5.74, 6) is 0.0253. The van der Waals surface area contributed by atoms with Crippen molar-refractivity contribution in [2.45, 2.75) is 19.4 Å². The molecular formula is C28H27N3O. The van der Waals surface area contributed by atoms with Gasteiger partial charge in [0.15, 0.2) is 0 Å². The number of rotatable bonds is 5. The average molecular weight is 422 g/mol. The minimum Gasteiger partial charge on any atom is -0.361 e. The first kappa shape index (κ1) is 20.3. The molecule has 32 heavy (non-hydrogen) atoms. The first-order chi connectivity index (χ1) is 15.7. The van der Waals surface area contributed by atoms with Crippen LogP contribution < -0.4 is 5.32 Å². The summed E-state index contributed by atoms with van der Waals surface area (Å²) in [6.45, 7) is 3.62. The maximum absolute atomic E-state index is 13.1. The highest BCUT2D eigenvalue weighted by Crippen LogP contribution is 2.30. The Kier molecular flexibility index (Phi) is 5.61. The summed E-state index contributed by atoms with van der Waals surface area (Å²) in [5, 5.41) is 4.42. The molecule has 4 heteroatoms. The Hall–Kier alpha value is -3.63. The number of amides is 1. The van der Waals surface area contributed by atoms with Crippen LogP contribution in [0.25, 0.3) is 27.6 Å². The fraction of sp³-hybridized carbons (Fsp3) is 0.179. The number of carbonyl (C=O) groups is 1. The molecule has 0 bridgehead atoms. The molecule has 0 aliphatic carbocycles. The third-order valence-corrected chi connectivity index (χ3v) is 6.37. The maximum atomic E-state index is 13.1. The average Bonchev–Trinajstić information content (AvgIpc) is 3.29. The normalized spacial score (nSPS) is 15.3. The van der Waals surface area contributed by atoms with Crippen molar-refractivity contribution >= 4 is 28.1 Å². The van der Waals surface area contributed by atoms with Crippen LogP contribution in [0.3, 0.4) is 0 Å². The molecule has 1 aliphatic heterocycles. The number of para-hydroxylation sites is 2. The van der Waals surface area contributed by atoms with E-state index in [4.69, 9.17) is 0 Å². The van der Waals surface area contributed by atoms with Gasteiger partial charge >= 0.3 is 0 Å². The standard InChI is InChI=1S/C28H27N3O/c1-20(28(32)30-27-14-8-5-11-23(27)21-9-3-2-4-10-21)31-17-15-22(16-18-31)25-19-29-26-13-7-6-12-24(25)26/h2-15,19-20,29H,16-18H2,1H3,(H,30,32)/t20-/m1/s1. The summed E-state index contributed by atoms with van der Waals surface area (Å²) in [5.41, 5.74) is 6.77. The van der Waals surface area contributed by atoms with Crippen molar-refractivity contribution in [3.63, 3.8) is 0 Å². The molecule has 0 fully saturated rings. The minimum absolute atomic E-state index is 0.0253. The van der Waals surface area contributed by atoms with E-state index in [9.17, 15) is 4.79 Å². The smallest absolute Gasteiger partial charge is 0.241 e. The molecule has 4 aromatic rings. The van der Waals surface area contributed by atoms with Crippen LogP contribution in [-0.2, 0) is 4.79 Å². The zero-order valence-electron chi connectivity index (χ0n) is 18.2. The van der Waals surface area contributed by atoms with Gasteiger partial charge in [-0.15, -0.1) is 0 Å². The van der Waals surface area contributed by atoms with Crippen LogP contribution in [0, 0.1) is 0 Å². The molecule has 2 N–H and O–H groups in total. The van der Waals surface area contributed by atoms with E-state index in [1.54, 1.807) is 0 Å². The highest BCUT2D eigenvalue weighted by atomic mass is 16.2. The van der Waals surface area contributed by atoms with Crippen molar-refractivity contribution in [3.8, 4) is 11.1 Å². The number of carbonyl (C=O) groups excluding carboxylic acids is 1. The van der Waals surface area contributed by atoms with E-state index < -0.39 is 0 Å². The van der Waals surface area contributed by atoms with E-state index in [1.165, 1.54) is 16.5 Å². The molecule has 0 saturated carbocycles. The molecule has 1 aromatic heterocycles. The highest BCUT2D eigenvalue weighted by molar-refractivity contribution is 5.98. The van der Waals surface area contributed by atoms with E-state index >= 15 is 0 Å². The topological polar surface area (TPSA) is 48.1 Å². The van der Waals surface area contributed by atoms with Gasteiger partial charge in [0.05, 0.1) is 6.04 Å². The third kappa shape index (κ3) is 3.97. The molecule has 0 spiro atoms. The lowest BCUT2D eigenvalue weighted by Gasteiger charge is -2.31. The molecule has 1 aliphatic rings. The van der Waals surface area contributed by atoms with Gasteiger partial charge in [-0.2, -0.15) is 0 Å². The molecule has 5 rings (SSSR count). The fourth-order valence-electron chi connectivity index (χ4n) is 4.48. The van der Waals surface area contributed by atoms with Gasteiger partial charge in [-0.3, -0.25) is 9.69 Å². The molecule has 0 radical (unpaired) electrons. The van der Waals surface area contributed by atoms with Crippen LogP contribution in [0.5, 0.6) is 0 Å². The predicted molar refractivity (Wildman–Crippen MR) is 132 cm³/mol. The van der Waals surface area contributed by atoms with Crippen LogP contribution in [0.2, 0.25) is 0 Å². The molecule has 1 atom stereocenters. The summed E-state index contributed by atoms with van der Waals surface area (Å²) in [7, 11) is 0. The van der Waals surface area contributed by atoms with Gasteiger partial charge in [0.25, 0.3) is 0 Å². The van der Waals surface area contributed by atoms with Crippen LogP contribution in [0.4, 0.5) is 5.69 Å². The summed E-state index contributed by atoms with van der Waals surface area (Å²) >= 11 is 0. The molecule has 0 saturated heterocycles. The molecule has 3 aromatic carbocycles. The monoisotopic (exact) mass is 421 g/mol. The van der Waals surface area contributed by atoms with Crippen LogP contribution in [-0.4, -0.2) is 34.9 Å². The van der Waals surface area contributed by atoms with Gasteiger partial charge in [-0.1, -0.05) is 72.8 Å². The number of nitrogens with zero attached hydrogens (tertiary/aromatic N) is 1. The van der Waals surface area contributed by atoms with E-state index in [-0.39, 0.29) is 11.9 Å². The van der Waals surface area contributed by atoms with E-state index in [2.05, 4.69) is 63.9 Å². The SMILES string of the molecule is C[C@H](C(=O)Nc1ccccc1-c1ccccc1)N1CC=C(c2c[nH]c3ccccc23)CC1. The van der Waals surface area contributed by atoms with E-state index in [1.807, 2.05) is 49.4 Å². The summed E-state index contributed by atoms with van der Waals surface area (Å²) < 4.78 is 0. The number of aromatic nitrogens is 1. The van der Waals surface area contributed by atoms with Crippen molar-refractivity contribution in [3.05, 3.63) is 96.7 Å². The minimum atomic E-state index is -0.209. The quantitative estimate of drug-likeness (QED) is 0.418. The van der Waals surface area contributed by atoms with Gasteiger partial charge < -0.3 is 10.3 Å². The van der Waals surface area contributed by atoms with E-state index in [0.29, 0.717) is 0 Å². The van der Waals surface area contributed by atoms with Crippen molar-refractivity contribution in [2.24, 2.45) is 0 Å². The molecule has 0 unspecified atom stereocenters. The van der Waals surface area contributed by atoms with Gasteiger partial charge in [-0.25, -0.2) is 0 Å². The number of hydrogen-bond acceptors (Lipinski definition) is 2. The second kappa shape index (κ2) is 8.85. The maximum Gasteiger partial charge on any atom is 0.241 e. The van der Waals surface area contributed by atoms with Gasteiger partial charge in [0, 0.05) is 47.0 Å². The molecule has 160 valence electrons. The lowest BCUT2D eigenvalue weighted by molar-refractivity contribution is -0.120. The van der Waals surface area contributed by atoms with Crippen molar-refractivity contribution < 1.29 is 4.79 Å². The van der Waals surface area contributed by atoms with Crippen molar-refractivity contribution in [1.82, 2.24) is 9.88 Å². The largest absolute Gasteiger partial charge is 0.361 e.